The fourth-order valence-corrected chi connectivity index (χ4v) is 1.79. The van der Waals surface area contributed by atoms with Crippen LogP contribution < -0.4 is 5.32 Å². The Bertz CT molecular complexity index is 508. The topological polar surface area (TPSA) is 59.3 Å². The third-order valence-corrected chi connectivity index (χ3v) is 2.62. The Morgan fingerprint density at radius 3 is 3.13 bits per heavy atom. The number of halogens is 1. The number of carbonyl (C=O) groups is 1. The normalized spacial score (nSPS) is 10.5. The van der Waals surface area contributed by atoms with Crippen LogP contribution in [0.3, 0.4) is 0 Å². The lowest BCUT2D eigenvalue weighted by Crippen LogP contribution is -2.23. The molecule has 1 amide bonds. The molecule has 0 aromatic carbocycles. The molecule has 0 aliphatic carbocycles. The number of amides is 1. The first kappa shape index (κ1) is 10.1. The standard InChI is InChI=1S/C9H9BrN4O/c1-2-11-9(15)7-6(10)8-12-4-3-5-14(8)13-7/h3-5H,2H2,1H3,(H,11,15). The second kappa shape index (κ2) is 3.98. The fourth-order valence-electron chi connectivity index (χ4n) is 1.25. The first-order valence-electron chi connectivity index (χ1n) is 4.51. The number of rotatable bonds is 2. The lowest BCUT2D eigenvalue weighted by Gasteiger charge is -1.96. The van der Waals surface area contributed by atoms with E-state index in [0.717, 1.165) is 0 Å². The number of aromatic nitrogens is 3. The van der Waals surface area contributed by atoms with Crippen molar-refractivity contribution in [1.82, 2.24) is 19.9 Å². The van der Waals surface area contributed by atoms with Crippen molar-refractivity contribution in [2.75, 3.05) is 6.54 Å². The zero-order valence-corrected chi connectivity index (χ0v) is 9.65. The lowest BCUT2D eigenvalue weighted by atomic mass is 10.4. The van der Waals surface area contributed by atoms with E-state index < -0.39 is 0 Å². The number of nitrogens with zero attached hydrogens (tertiary/aromatic N) is 3. The maximum atomic E-state index is 11.6. The van der Waals surface area contributed by atoms with E-state index in [-0.39, 0.29) is 5.91 Å². The average molecular weight is 269 g/mol. The smallest absolute Gasteiger partial charge is 0.273 e. The van der Waals surface area contributed by atoms with Crippen LogP contribution in [-0.2, 0) is 0 Å². The van der Waals surface area contributed by atoms with Crippen molar-refractivity contribution >= 4 is 27.5 Å². The highest BCUT2D eigenvalue weighted by Crippen LogP contribution is 2.20. The highest BCUT2D eigenvalue weighted by molar-refractivity contribution is 9.10. The molecule has 0 unspecified atom stereocenters. The van der Waals surface area contributed by atoms with Gasteiger partial charge in [0.2, 0.25) is 0 Å². The molecule has 0 saturated carbocycles. The van der Waals surface area contributed by atoms with Gasteiger partial charge in [0.15, 0.2) is 11.3 Å². The first-order valence-corrected chi connectivity index (χ1v) is 5.30. The minimum absolute atomic E-state index is 0.199. The van der Waals surface area contributed by atoms with E-state index in [1.54, 1.807) is 23.0 Å². The molecule has 78 valence electrons. The van der Waals surface area contributed by atoms with Gasteiger partial charge in [-0.15, -0.1) is 0 Å². The molecule has 1 N–H and O–H groups in total. The molecule has 2 aromatic heterocycles. The zero-order chi connectivity index (χ0) is 10.8. The van der Waals surface area contributed by atoms with Crippen LogP contribution in [0.15, 0.2) is 22.9 Å². The van der Waals surface area contributed by atoms with Crippen molar-refractivity contribution in [3.63, 3.8) is 0 Å². The van der Waals surface area contributed by atoms with Crippen molar-refractivity contribution in [3.05, 3.63) is 28.6 Å². The molecule has 0 aliphatic rings. The highest BCUT2D eigenvalue weighted by atomic mass is 79.9. The van der Waals surface area contributed by atoms with Gasteiger partial charge in [-0.1, -0.05) is 0 Å². The third-order valence-electron chi connectivity index (χ3n) is 1.89. The molecule has 5 nitrogen and oxygen atoms in total. The van der Waals surface area contributed by atoms with E-state index >= 15 is 0 Å². The Morgan fingerprint density at radius 2 is 2.47 bits per heavy atom. The molecule has 0 bridgehead atoms. The second-order valence-electron chi connectivity index (χ2n) is 2.91. The van der Waals surface area contributed by atoms with E-state index in [4.69, 9.17) is 0 Å². The molecular weight excluding hydrogens is 260 g/mol. The van der Waals surface area contributed by atoms with Crippen LogP contribution in [-0.4, -0.2) is 27.0 Å². The summed E-state index contributed by atoms with van der Waals surface area (Å²) >= 11 is 3.32. The van der Waals surface area contributed by atoms with Crippen LogP contribution in [0.4, 0.5) is 0 Å². The molecule has 0 atom stereocenters. The molecule has 0 radical (unpaired) electrons. The molecule has 0 fully saturated rings. The van der Waals surface area contributed by atoms with E-state index in [9.17, 15) is 4.79 Å². The number of hydrogen-bond acceptors (Lipinski definition) is 3. The largest absolute Gasteiger partial charge is 0.351 e. The maximum Gasteiger partial charge on any atom is 0.273 e. The Labute approximate surface area is 94.6 Å². The predicted molar refractivity (Wildman–Crippen MR) is 58.7 cm³/mol. The maximum absolute atomic E-state index is 11.6. The van der Waals surface area contributed by atoms with Gasteiger partial charge in [0.05, 0.1) is 4.47 Å². The Hall–Kier alpha value is -1.43. The number of fused-ring (bicyclic) bond motifs is 1. The fraction of sp³-hybridized carbons (Fsp3) is 0.222. The third kappa shape index (κ3) is 1.72. The summed E-state index contributed by atoms with van der Waals surface area (Å²) < 4.78 is 2.18. The summed E-state index contributed by atoms with van der Waals surface area (Å²) in [5, 5.41) is 6.82. The predicted octanol–water partition coefficient (Wildman–Crippen LogP) is 1.24. The monoisotopic (exact) mass is 268 g/mol. The van der Waals surface area contributed by atoms with Gasteiger partial charge in [-0.25, -0.2) is 9.50 Å². The summed E-state index contributed by atoms with van der Waals surface area (Å²) in [7, 11) is 0. The minimum atomic E-state index is -0.199. The van der Waals surface area contributed by atoms with Crippen LogP contribution in [0.1, 0.15) is 17.4 Å². The van der Waals surface area contributed by atoms with E-state index in [1.807, 2.05) is 6.92 Å². The minimum Gasteiger partial charge on any atom is -0.351 e. The molecule has 15 heavy (non-hydrogen) atoms. The molecule has 6 heteroatoms. The van der Waals surface area contributed by atoms with E-state index in [2.05, 4.69) is 31.3 Å². The van der Waals surface area contributed by atoms with Crippen LogP contribution in [0.2, 0.25) is 0 Å². The second-order valence-corrected chi connectivity index (χ2v) is 3.70. The Morgan fingerprint density at radius 1 is 1.67 bits per heavy atom. The molecule has 2 heterocycles. The molecule has 0 saturated heterocycles. The Balaban J connectivity index is 2.53. The van der Waals surface area contributed by atoms with Crippen molar-refractivity contribution in [3.8, 4) is 0 Å². The molecule has 2 aromatic rings. The number of nitrogens with one attached hydrogen (secondary N) is 1. The quantitative estimate of drug-likeness (QED) is 0.892. The van der Waals surface area contributed by atoms with Crippen molar-refractivity contribution in [2.24, 2.45) is 0 Å². The van der Waals surface area contributed by atoms with Gasteiger partial charge in [-0.3, -0.25) is 4.79 Å². The van der Waals surface area contributed by atoms with Gasteiger partial charge >= 0.3 is 0 Å². The van der Waals surface area contributed by atoms with Gasteiger partial charge in [-0.2, -0.15) is 5.10 Å². The van der Waals surface area contributed by atoms with Crippen LogP contribution in [0.5, 0.6) is 0 Å². The highest BCUT2D eigenvalue weighted by Gasteiger charge is 2.16. The lowest BCUT2D eigenvalue weighted by molar-refractivity contribution is 0.0950. The van der Waals surface area contributed by atoms with Crippen LogP contribution in [0.25, 0.3) is 5.65 Å². The van der Waals surface area contributed by atoms with Gasteiger partial charge in [-0.05, 0) is 28.9 Å². The molecule has 0 aliphatic heterocycles. The van der Waals surface area contributed by atoms with E-state index in [1.165, 1.54) is 0 Å². The summed E-state index contributed by atoms with van der Waals surface area (Å²) in [6.07, 6.45) is 3.40. The van der Waals surface area contributed by atoms with Crippen LogP contribution in [0, 0.1) is 0 Å². The van der Waals surface area contributed by atoms with Crippen molar-refractivity contribution in [2.45, 2.75) is 6.92 Å². The SMILES string of the molecule is CCNC(=O)c1nn2cccnc2c1Br. The molecule has 2 rings (SSSR count). The van der Waals surface area contributed by atoms with Gasteiger partial charge in [0.25, 0.3) is 5.91 Å². The summed E-state index contributed by atoms with van der Waals surface area (Å²) in [4.78, 5) is 15.7. The summed E-state index contributed by atoms with van der Waals surface area (Å²) in [6.45, 7) is 2.44. The zero-order valence-electron chi connectivity index (χ0n) is 8.07. The molecular formula is C9H9BrN4O. The summed E-state index contributed by atoms with van der Waals surface area (Å²) in [5.74, 6) is -0.199. The first-order chi connectivity index (χ1) is 7.24. The van der Waals surface area contributed by atoms with Gasteiger partial charge in [0, 0.05) is 18.9 Å². The van der Waals surface area contributed by atoms with Gasteiger partial charge < -0.3 is 5.32 Å². The summed E-state index contributed by atoms with van der Waals surface area (Å²) in [5.41, 5.74) is 0.995. The van der Waals surface area contributed by atoms with Crippen molar-refractivity contribution < 1.29 is 4.79 Å². The average Bonchev–Trinajstić information content (AvgIpc) is 2.57. The van der Waals surface area contributed by atoms with Crippen molar-refractivity contribution in [1.29, 1.82) is 0 Å². The summed E-state index contributed by atoms with van der Waals surface area (Å²) in [6, 6.07) is 1.76. The van der Waals surface area contributed by atoms with Gasteiger partial charge in [0.1, 0.15) is 0 Å². The molecule has 0 spiro atoms. The Kier molecular flexibility index (Phi) is 2.68. The van der Waals surface area contributed by atoms with E-state index in [0.29, 0.717) is 22.4 Å². The number of carbonyl (C=O) groups excluding carboxylic acids is 1. The number of hydrogen-bond donors (Lipinski definition) is 1. The van der Waals surface area contributed by atoms with Crippen LogP contribution >= 0.6 is 15.9 Å².